The van der Waals surface area contributed by atoms with Gasteiger partial charge in [-0.2, -0.15) is 0 Å². The standard InChI is InChI=1S/C25H29NO6/c1-5-31-18-12-10-17(11-13-18)23(27)21-22(26(14-15-30-4)25(29)24(21)28)19-8-6-7-9-20(19)32-16(2)3/h6-13,16,22,27H,5,14-15H2,1-4H3/b23-21-. The number of hydrogen-bond donors (Lipinski definition) is 1. The van der Waals surface area contributed by atoms with Gasteiger partial charge in [-0.05, 0) is 51.1 Å². The molecule has 2 aromatic rings. The molecule has 0 radical (unpaired) electrons. The van der Waals surface area contributed by atoms with Crippen LogP contribution in [0.2, 0.25) is 0 Å². The highest BCUT2D eigenvalue weighted by Gasteiger charge is 2.46. The van der Waals surface area contributed by atoms with Crippen LogP contribution in [0.15, 0.2) is 54.1 Å². The van der Waals surface area contributed by atoms with Crippen molar-refractivity contribution in [2.45, 2.75) is 32.9 Å². The van der Waals surface area contributed by atoms with Crippen molar-refractivity contribution in [3.63, 3.8) is 0 Å². The lowest BCUT2D eigenvalue weighted by atomic mass is 9.94. The second-order valence-corrected chi connectivity index (χ2v) is 7.65. The zero-order valence-electron chi connectivity index (χ0n) is 18.8. The number of Topliss-reactive ketones (excluding diaryl/α,β-unsaturated/α-hetero) is 1. The molecule has 1 amide bonds. The Kier molecular flexibility index (Phi) is 7.53. The first-order valence-corrected chi connectivity index (χ1v) is 10.6. The molecule has 0 saturated carbocycles. The molecule has 1 atom stereocenters. The summed E-state index contributed by atoms with van der Waals surface area (Å²) in [5.41, 5.74) is 1.07. The van der Waals surface area contributed by atoms with E-state index in [-0.39, 0.29) is 30.6 Å². The van der Waals surface area contributed by atoms with Gasteiger partial charge < -0.3 is 24.2 Å². The van der Waals surface area contributed by atoms with Gasteiger partial charge in [0.2, 0.25) is 0 Å². The summed E-state index contributed by atoms with van der Waals surface area (Å²) in [6, 6.07) is 13.2. The number of hydrogen-bond acceptors (Lipinski definition) is 6. The summed E-state index contributed by atoms with van der Waals surface area (Å²) in [6.07, 6.45) is -0.108. The molecule has 1 aliphatic heterocycles. The van der Waals surface area contributed by atoms with Crippen LogP contribution in [0, 0.1) is 0 Å². The third-order valence-electron chi connectivity index (χ3n) is 5.09. The van der Waals surface area contributed by atoms with Gasteiger partial charge in [0.1, 0.15) is 17.3 Å². The lowest BCUT2D eigenvalue weighted by molar-refractivity contribution is -0.140. The average molecular weight is 440 g/mol. The van der Waals surface area contributed by atoms with Crippen molar-refractivity contribution in [2.24, 2.45) is 0 Å². The van der Waals surface area contributed by atoms with E-state index in [9.17, 15) is 14.7 Å². The van der Waals surface area contributed by atoms with Crippen molar-refractivity contribution >= 4 is 17.4 Å². The number of likely N-dealkylation sites (tertiary alicyclic amines) is 1. The van der Waals surface area contributed by atoms with Crippen LogP contribution in [-0.2, 0) is 14.3 Å². The summed E-state index contributed by atoms with van der Waals surface area (Å²) in [7, 11) is 1.53. The van der Waals surface area contributed by atoms with Crippen LogP contribution in [0.4, 0.5) is 0 Å². The van der Waals surface area contributed by atoms with Crippen molar-refractivity contribution in [3.8, 4) is 11.5 Å². The van der Waals surface area contributed by atoms with E-state index in [0.29, 0.717) is 29.2 Å². The number of methoxy groups -OCH3 is 1. The third-order valence-corrected chi connectivity index (χ3v) is 5.09. The second-order valence-electron chi connectivity index (χ2n) is 7.65. The number of para-hydroxylation sites is 1. The van der Waals surface area contributed by atoms with Crippen LogP contribution < -0.4 is 9.47 Å². The largest absolute Gasteiger partial charge is 0.507 e. The monoisotopic (exact) mass is 439 g/mol. The quantitative estimate of drug-likeness (QED) is 0.362. The number of amides is 1. The number of nitrogens with zero attached hydrogens (tertiary/aromatic N) is 1. The summed E-state index contributed by atoms with van der Waals surface area (Å²) in [6.45, 7) is 6.65. The lowest BCUT2D eigenvalue weighted by Gasteiger charge is -2.27. The summed E-state index contributed by atoms with van der Waals surface area (Å²) < 4.78 is 16.6. The van der Waals surface area contributed by atoms with Crippen molar-refractivity contribution in [1.29, 1.82) is 0 Å². The molecule has 2 aromatic carbocycles. The SMILES string of the molecule is CCOc1ccc(/C(O)=C2/C(=O)C(=O)N(CCOC)C2c2ccccc2OC(C)C)cc1. The van der Waals surface area contributed by atoms with E-state index in [0.717, 1.165) is 0 Å². The highest BCUT2D eigenvalue weighted by atomic mass is 16.5. The van der Waals surface area contributed by atoms with Crippen LogP contribution in [-0.4, -0.2) is 54.7 Å². The number of aliphatic hydroxyl groups excluding tert-OH is 1. The molecule has 0 aromatic heterocycles. The number of benzene rings is 2. The number of ether oxygens (including phenoxy) is 3. The Balaban J connectivity index is 2.15. The predicted molar refractivity (Wildman–Crippen MR) is 121 cm³/mol. The first-order chi connectivity index (χ1) is 15.4. The van der Waals surface area contributed by atoms with E-state index < -0.39 is 17.7 Å². The Hall–Kier alpha value is -3.32. The number of carbonyl (C=O) groups is 2. The first-order valence-electron chi connectivity index (χ1n) is 10.6. The Morgan fingerprint density at radius 3 is 2.41 bits per heavy atom. The first kappa shape index (κ1) is 23.3. The molecule has 32 heavy (non-hydrogen) atoms. The summed E-state index contributed by atoms with van der Waals surface area (Å²) in [4.78, 5) is 27.4. The minimum Gasteiger partial charge on any atom is -0.507 e. The molecule has 3 rings (SSSR count). The van der Waals surface area contributed by atoms with E-state index >= 15 is 0 Å². The van der Waals surface area contributed by atoms with Gasteiger partial charge in [0.25, 0.3) is 11.7 Å². The molecular weight excluding hydrogens is 410 g/mol. The van der Waals surface area contributed by atoms with Crippen LogP contribution in [0.1, 0.15) is 37.9 Å². The fourth-order valence-electron chi connectivity index (χ4n) is 3.72. The maximum Gasteiger partial charge on any atom is 0.295 e. The average Bonchev–Trinajstić information content (AvgIpc) is 3.02. The lowest BCUT2D eigenvalue weighted by Crippen LogP contribution is -2.33. The molecule has 7 nitrogen and oxygen atoms in total. The second kappa shape index (κ2) is 10.3. The molecule has 1 fully saturated rings. The number of aliphatic hydroxyl groups is 1. The third kappa shape index (κ3) is 4.78. The molecule has 0 aliphatic carbocycles. The van der Waals surface area contributed by atoms with Gasteiger partial charge in [0.15, 0.2) is 0 Å². The maximum atomic E-state index is 13.1. The molecule has 0 bridgehead atoms. The van der Waals surface area contributed by atoms with E-state index in [1.165, 1.54) is 12.0 Å². The van der Waals surface area contributed by atoms with Gasteiger partial charge in [-0.3, -0.25) is 9.59 Å². The van der Waals surface area contributed by atoms with Crippen LogP contribution in [0.25, 0.3) is 5.76 Å². The van der Waals surface area contributed by atoms with Gasteiger partial charge in [-0.15, -0.1) is 0 Å². The maximum absolute atomic E-state index is 13.1. The molecule has 1 unspecified atom stereocenters. The zero-order valence-corrected chi connectivity index (χ0v) is 18.8. The Morgan fingerprint density at radius 2 is 1.78 bits per heavy atom. The summed E-state index contributed by atoms with van der Waals surface area (Å²) in [5.74, 6) is -0.461. The molecule has 1 aliphatic rings. The molecule has 1 N–H and O–H groups in total. The molecular formula is C25H29NO6. The number of carbonyl (C=O) groups excluding carboxylic acids is 2. The fourth-order valence-corrected chi connectivity index (χ4v) is 3.72. The Bertz CT molecular complexity index is 996. The van der Waals surface area contributed by atoms with Crippen molar-refractivity contribution in [2.75, 3.05) is 26.9 Å². The summed E-state index contributed by atoms with van der Waals surface area (Å²) in [5, 5.41) is 11.1. The van der Waals surface area contributed by atoms with Crippen LogP contribution >= 0.6 is 0 Å². The van der Waals surface area contributed by atoms with Crippen molar-refractivity contribution < 1.29 is 28.9 Å². The van der Waals surface area contributed by atoms with Crippen molar-refractivity contribution in [1.82, 2.24) is 4.90 Å². The van der Waals surface area contributed by atoms with E-state index in [1.807, 2.05) is 32.9 Å². The molecule has 170 valence electrons. The van der Waals surface area contributed by atoms with Crippen LogP contribution in [0.5, 0.6) is 11.5 Å². The smallest absolute Gasteiger partial charge is 0.295 e. The molecule has 7 heteroatoms. The van der Waals surface area contributed by atoms with E-state index in [2.05, 4.69) is 0 Å². The number of ketones is 1. The minimum absolute atomic E-state index is 0.0232. The zero-order chi connectivity index (χ0) is 23.3. The normalized spacial score (nSPS) is 17.8. The number of rotatable bonds is 9. The fraction of sp³-hybridized carbons (Fsp3) is 0.360. The van der Waals surface area contributed by atoms with E-state index in [4.69, 9.17) is 14.2 Å². The van der Waals surface area contributed by atoms with Gasteiger partial charge in [-0.25, -0.2) is 0 Å². The summed E-state index contributed by atoms with van der Waals surface area (Å²) >= 11 is 0. The van der Waals surface area contributed by atoms with Crippen LogP contribution in [0.3, 0.4) is 0 Å². The molecule has 1 heterocycles. The van der Waals surface area contributed by atoms with Gasteiger partial charge in [0, 0.05) is 24.8 Å². The van der Waals surface area contributed by atoms with Gasteiger partial charge in [-0.1, -0.05) is 18.2 Å². The highest BCUT2D eigenvalue weighted by Crippen LogP contribution is 2.42. The van der Waals surface area contributed by atoms with Crippen molar-refractivity contribution in [3.05, 3.63) is 65.2 Å². The van der Waals surface area contributed by atoms with Gasteiger partial charge >= 0.3 is 0 Å². The predicted octanol–water partition coefficient (Wildman–Crippen LogP) is 3.94. The minimum atomic E-state index is -0.799. The van der Waals surface area contributed by atoms with E-state index in [1.54, 1.807) is 36.4 Å². The Morgan fingerprint density at radius 1 is 1.09 bits per heavy atom. The van der Waals surface area contributed by atoms with Gasteiger partial charge in [0.05, 0.1) is 30.9 Å². The molecule has 0 spiro atoms. The Labute approximate surface area is 188 Å². The topological polar surface area (TPSA) is 85.3 Å². The highest BCUT2D eigenvalue weighted by molar-refractivity contribution is 6.46. The molecule has 1 saturated heterocycles.